The van der Waals surface area contributed by atoms with Gasteiger partial charge in [0.25, 0.3) is 0 Å². The van der Waals surface area contributed by atoms with Crippen LogP contribution in [0.5, 0.6) is 0 Å². The van der Waals surface area contributed by atoms with Gasteiger partial charge in [-0.1, -0.05) is 12.8 Å². The van der Waals surface area contributed by atoms with Crippen molar-refractivity contribution in [2.24, 2.45) is 0 Å². The Bertz CT molecular complexity index is 392. The van der Waals surface area contributed by atoms with E-state index in [9.17, 15) is 5.11 Å². The minimum atomic E-state index is -0.541. The van der Waals surface area contributed by atoms with Crippen LogP contribution in [0.4, 0.5) is 0 Å². The van der Waals surface area contributed by atoms with E-state index >= 15 is 0 Å². The predicted octanol–water partition coefficient (Wildman–Crippen LogP) is 2.59. The third-order valence-corrected chi connectivity index (χ3v) is 4.42. The number of likely N-dealkylation sites (tertiary alicyclic amines) is 1. The number of nitrogens with zero attached hydrogens (tertiary/aromatic N) is 3. The third kappa shape index (κ3) is 3.00. The monoisotopic (exact) mass is 265 g/mol. The van der Waals surface area contributed by atoms with Gasteiger partial charge >= 0.3 is 0 Å². The average Bonchev–Trinajstić information content (AvgIpc) is 2.69. The van der Waals surface area contributed by atoms with Gasteiger partial charge in [0.2, 0.25) is 0 Å². The molecule has 1 aromatic heterocycles. The van der Waals surface area contributed by atoms with Gasteiger partial charge in [0, 0.05) is 24.5 Å². The first-order valence-corrected chi connectivity index (χ1v) is 7.51. The Kier molecular flexibility index (Phi) is 4.63. The van der Waals surface area contributed by atoms with Crippen molar-refractivity contribution < 1.29 is 5.11 Å². The van der Waals surface area contributed by atoms with Crippen LogP contribution in [-0.2, 0) is 6.54 Å². The van der Waals surface area contributed by atoms with E-state index in [0.29, 0.717) is 0 Å². The standard InChI is InChI=1S/C15H27N3O/c1-4-17-12-9-16-14(17)13(19)15(2,3)18-10-7-5-6-8-11-18/h9,12-13,19H,4-8,10-11H2,1-3H3. The van der Waals surface area contributed by atoms with E-state index in [1.165, 1.54) is 25.7 Å². The molecule has 1 aliphatic rings. The molecule has 1 atom stereocenters. The van der Waals surface area contributed by atoms with Crippen LogP contribution in [0.2, 0.25) is 0 Å². The highest BCUT2D eigenvalue weighted by molar-refractivity contribution is 5.05. The van der Waals surface area contributed by atoms with E-state index in [2.05, 4.69) is 30.7 Å². The minimum Gasteiger partial charge on any atom is -0.383 e. The highest BCUT2D eigenvalue weighted by Gasteiger charge is 2.37. The van der Waals surface area contributed by atoms with Gasteiger partial charge in [0.05, 0.1) is 0 Å². The van der Waals surface area contributed by atoms with E-state index in [0.717, 1.165) is 25.5 Å². The molecule has 1 N–H and O–H groups in total. The first kappa shape index (κ1) is 14.5. The minimum absolute atomic E-state index is 0.261. The van der Waals surface area contributed by atoms with Crippen molar-refractivity contribution >= 4 is 0 Å². The number of rotatable bonds is 4. The van der Waals surface area contributed by atoms with E-state index < -0.39 is 6.10 Å². The molecule has 1 aromatic rings. The highest BCUT2D eigenvalue weighted by atomic mass is 16.3. The number of hydrogen-bond acceptors (Lipinski definition) is 3. The van der Waals surface area contributed by atoms with Crippen molar-refractivity contribution in [2.75, 3.05) is 13.1 Å². The second-order valence-electron chi connectivity index (χ2n) is 6.03. The van der Waals surface area contributed by atoms with E-state index in [1.54, 1.807) is 6.20 Å². The van der Waals surface area contributed by atoms with Crippen molar-refractivity contribution in [3.63, 3.8) is 0 Å². The van der Waals surface area contributed by atoms with Gasteiger partial charge in [0.1, 0.15) is 11.9 Å². The maximum absolute atomic E-state index is 10.8. The van der Waals surface area contributed by atoms with Crippen molar-refractivity contribution in [3.05, 3.63) is 18.2 Å². The van der Waals surface area contributed by atoms with Crippen LogP contribution in [-0.4, -0.2) is 38.2 Å². The fraction of sp³-hybridized carbons (Fsp3) is 0.800. The normalized spacial score (nSPS) is 20.2. The summed E-state index contributed by atoms with van der Waals surface area (Å²) in [5.41, 5.74) is -0.261. The summed E-state index contributed by atoms with van der Waals surface area (Å²) in [6, 6.07) is 0. The summed E-state index contributed by atoms with van der Waals surface area (Å²) >= 11 is 0. The lowest BCUT2D eigenvalue weighted by Gasteiger charge is -2.41. The molecule has 2 rings (SSSR count). The predicted molar refractivity (Wildman–Crippen MR) is 77.0 cm³/mol. The molecule has 4 heteroatoms. The zero-order chi connectivity index (χ0) is 13.9. The lowest BCUT2D eigenvalue weighted by Crippen LogP contribution is -2.49. The molecule has 108 valence electrons. The van der Waals surface area contributed by atoms with Crippen LogP contribution in [0.3, 0.4) is 0 Å². The molecule has 0 radical (unpaired) electrons. The summed E-state index contributed by atoms with van der Waals surface area (Å²) in [4.78, 5) is 6.79. The molecule has 0 spiro atoms. The average molecular weight is 265 g/mol. The van der Waals surface area contributed by atoms with Crippen LogP contribution in [0.1, 0.15) is 58.4 Å². The summed E-state index contributed by atoms with van der Waals surface area (Å²) in [7, 11) is 0. The molecule has 4 nitrogen and oxygen atoms in total. The summed E-state index contributed by atoms with van der Waals surface area (Å²) < 4.78 is 2.03. The van der Waals surface area contributed by atoms with Crippen LogP contribution in [0.25, 0.3) is 0 Å². The van der Waals surface area contributed by atoms with Crippen molar-refractivity contribution in [1.29, 1.82) is 0 Å². The van der Waals surface area contributed by atoms with E-state index in [4.69, 9.17) is 0 Å². The van der Waals surface area contributed by atoms with E-state index in [1.807, 2.05) is 10.8 Å². The molecule has 1 aliphatic heterocycles. The Morgan fingerprint density at radius 1 is 1.26 bits per heavy atom. The zero-order valence-electron chi connectivity index (χ0n) is 12.5. The second kappa shape index (κ2) is 6.06. The van der Waals surface area contributed by atoms with Gasteiger partial charge in [-0.05, 0) is 46.7 Å². The summed E-state index contributed by atoms with van der Waals surface area (Å²) in [5, 5.41) is 10.8. The SMILES string of the molecule is CCn1ccnc1C(O)C(C)(C)N1CCCCCC1. The quantitative estimate of drug-likeness (QED) is 0.910. The lowest BCUT2D eigenvalue weighted by molar-refractivity contribution is -0.0165. The van der Waals surface area contributed by atoms with Gasteiger partial charge in [-0.25, -0.2) is 4.98 Å². The molecule has 1 unspecified atom stereocenters. The summed E-state index contributed by atoms with van der Waals surface area (Å²) in [6.07, 6.45) is 8.27. The number of hydrogen-bond donors (Lipinski definition) is 1. The molecular formula is C15H27N3O. The Hall–Kier alpha value is -0.870. The fourth-order valence-corrected chi connectivity index (χ4v) is 2.97. The van der Waals surface area contributed by atoms with Crippen LogP contribution in [0.15, 0.2) is 12.4 Å². The Morgan fingerprint density at radius 2 is 1.89 bits per heavy atom. The molecule has 2 heterocycles. The second-order valence-corrected chi connectivity index (χ2v) is 6.03. The van der Waals surface area contributed by atoms with E-state index in [-0.39, 0.29) is 5.54 Å². The Morgan fingerprint density at radius 3 is 2.47 bits per heavy atom. The maximum atomic E-state index is 10.8. The molecule has 1 saturated heterocycles. The molecule has 0 saturated carbocycles. The van der Waals surface area contributed by atoms with Crippen molar-refractivity contribution in [2.45, 2.75) is 64.6 Å². The van der Waals surface area contributed by atoms with Gasteiger partial charge in [-0.3, -0.25) is 4.90 Å². The number of aliphatic hydroxyl groups is 1. The number of imidazole rings is 1. The lowest BCUT2D eigenvalue weighted by atomic mass is 9.93. The molecule has 0 aromatic carbocycles. The summed E-state index contributed by atoms with van der Waals surface area (Å²) in [5.74, 6) is 0.789. The number of aromatic nitrogens is 2. The van der Waals surface area contributed by atoms with Crippen LogP contribution < -0.4 is 0 Å². The molecule has 0 amide bonds. The first-order valence-electron chi connectivity index (χ1n) is 7.51. The Labute approximate surface area is 116 Å². The molecule has 1 fully saturated rings. The van der Waals surface area contributed by atoms with Crippen LogP contribution >= 0.6 is 0 Å². The maximum Gasteiger partial charge on any atom is 0.139 e. The van der Waals surface area contributed by atoms with Crippen molar-refractivity contribution in [1.82, 2.24) is 14.5 Å². The smallest absolute Gasteiger partial charge is 0.139 e. The Balaban J connectivity index is 2.17. The molecule has 0 aliphatic carbocycles. The van der Waals surface area contributed by atoms with Gasteiger partial charge in [0.15, 0.2) is 0 Å². The first-order chi connectivity index (χ1) is 9.07. The van der Waals surface area contributed by atoms with Gasteiger partial charge in [-0.2, -0.15) is 0 Å². The molecular weight excluding hydrogens is 238 g/mol. The van der Waals surface area contributed by atoms with Crippen LogP contribution in [0, 0.1) is 0 Å². The number of aryl methyl sites for hydroxylation is 1. The largest absolute Gasteiger partial charge is 0.383 e. The topological polar surface area (TPSA) is 41.3 Å². The third-order valence-electron chi connectivity index (χ3n) is 4.42. The molecule has 19 heavy (non-hydrogen) atoms. The number of aliphatic hydroxyl groups excluding tert-OH is 1. The zero-order valence-corrected chi connectivity index (χ0v) is 12.5. The van der Waals surface area contributed by atoms with Crippen molar-refractivity contribution in [3.8, 4) is 0 Å². The fourth-order valence-electron chi connectivity index (χ4n) is 2.97. The van der Waals surface area contributed by atoms with Gasteiger partial charge in [-0.15, -0.1) is 0 Å². The van der Waals surface area contributed by atoms with Gasteiger partial charge < -0.3 is 9.67 Å². The molecule has 0 bridgehead atoms. The highest BCUT2D eigenvalue weighted by Crippen LogP contribution is 2.32. The summed E-state index contributed by atoms with van der Waals surface area (Å²) in [6.45, 7) is 9.36.